The van der Waals surface area contributed by atoms with Crippen molar-refractivity contribution in [3.05, 3.63) is 0 Å². The predicted molar refractivity (Wildman–Crippen MR) is 57.1 cm³/mol. The van der Waals surface area contributed by atoms with Gasteiger partial charge in [0.05, 0.1) is 13.0 Å². The summed E-state index contributed by atoms with van der Waals surface area (Å²) < 4.78 is 4.89. The van der Waals surface area contributed by atoms with Gasteiger partial charge in [0.2, 0.25) is 0 Å². The number of hydrogen-bond donors (Lipinski definition) is 2. The maximum absolute atomic E-state index is 11.6. The maximum Gasteiger partial charge on any atom is 0.323 e. The highest BCUT2D eigenvalue weighted by molar-refractivity contribution is 5.82. The average molecular weight is 230 g/mol. The standard InChI is InChI=1S/C10H18N2O4/c1-2-16-10(15)8(7-9(13)14)12-5-3-11-4-6-12/h8,11H,2-7H2,1H3,(H,13,14). The van der Waals surface area contributed by atoms with Crippen molar-refractivity contribution in [1.82, 2.24) is 10.2 Å². The van der Waals surface area contributed by atoms with E-state index in [-0.39, 0.29) is 13.0 Å². The van der Waals surface area contributed by atoms with Crippen LogP contribution >= 0.6 is 0 Å². The van der Waals surface area contributed by atoms with E-state index < -0.39 is 18.0 Å². The lowest BCUT2D eigenvalue weighted by Gasteiger charge is -2.32. The van der Waals surface area contributed by atoms with Gasteiger partial charge in [-0.3, -0.25) is 14.5 Å². The van der Waals surface area contributed by atoms with Gasteiger partial charge < -0.3 is 15.2 Å². The summed E-state index contributed by atoms with van der Waals surface area (Å²) in [5, 5.41) is 11.9. The molecule has 0 aromatic rings. The number of nitrogens with zero attached hydrogens (tertiary/aromatic N) is 1. The Bertz CT molecular complexity index is 251. The van der Waals surface area contributed by atoms with E-state index in [2.05, 4.69) is 5.32 Å². The van der Waals surface area contributed by atoms with Crippen LogP contribution in [0.5, 0.6) is 0 Å². The molecule has 1 atom stereocenters. The fraction of sp³-hybridized carbons (Fsp3) is 0.800. The monoisotopic (exact) mass is 230 g/mol. The summed E-state index contributed by atoms with van der Waals surface area (Å²) in [4.78, 5) is 24.2. The van der Waals surface area contributed by atoms with Crippen LogP contribution < -0.4 is 5.32 Å². The molecule has 1 saturated heterocycles. The van der Waals surface area contributed by atoms with Crippen molar-refractivity contribution >= 4 is 11.9 Å². The Morgan fingerprint density at radius 3 is 2.56 bits per heavy atom. The minimum atomic E-state index is -0.975. The Morgan fingerprint density at radius 1 is 1.44 bits per heavy atom. The summed E-state index contributed by atoms with van der Waals surface area (Å²) in [5.74, 6) is -1.41. The van der Waals surface area contributed by atoms with Gasteiger partial charge >= 0.3 is 11.9 Å². The van der Waals surface area contributed by atoms with E-state index in [9.17, 15) is 9.59 Å². The second kappa shape index (κ2) is 6.44. The molecule has 6 heteroatoms. The van der Waals surface area contributed by atoms with E-state index in [1.165, 1.54) is 0 Å². The van der Waals surface area contributed by atoms with Gasteiger partial charge in [-0.15, -0.1) is 0 Å². The summed E-state index contributed by atoms with van der Waals surface area (Å²) in [6, 6.07) is -0.653. The van der Waals surface area contributed by atoms with Crippen LogP contribution in [-0.4, -0.2) is 60.8 Å². The van der Waals surface area contributed by atoms with Crippen LogP contribution in [-0.2, 0) is 14.3 Å². The first-order valence-electron chi connectivity index (χ1n) is 5.48. The van der Waals surface area contributed by atoms with Crippen molar-refractivity contribution in [3.8, 4) is 0 Å². The van der Waals surface area contributed by atoms with Crippen LogP contribution in [0.4, 0.5) is 0 Å². The topological polar surface area (TPSA) is 78.9 Å². The lowest BCUT2D eigenvalue weighted by Crippen LogP contribution is -2.52. The highest BCUT2D eigenvalue weighted by Crippen LogP contribution is 2.08. The van der Waals surface area contributed by atoms with Crippen molar-refractivity contribution in [3.63, 3.8) is 0 Å². The summed E-state index contributed by atoms with van der Waals surface area (Å²) in [6.45, 7) is 4.90. The van der Waals surface area contributed by atoms with Crippen molar-refractivity contribution < 1.29 is 19.4 Å². The number of nitrogens with one attached hydrogen (secondary N) is 1. The summed E-state index contributed by atoms with van der Waals surface area (Å²) in [6.07, 6.45) is -0.196. The molecule has 1 unspecified atom stereocenters. The number of esters is 1. The van der Waals surface area contributed by atoms with Gasteiger partial charge in [0.1, 0.15) is 6.04 Å². The fourth-order valence-electron chi connectivity index (χ4n) is 1.76. The first-order valence-corrected chi connectivity index (χ1v) is 5.48. The quantitative estimate of drug-likeness (QED) is 0.608. The molecule has 1 aliphatic rings. The molecule has 6 nitrogen and oxygen atoms in total. The van der Waals surface area contributed by atoms with E-state index in [0.29, 0.717) is 13.1 Å². The Kier molecular flexibility index (Phi) is 5.21. The Balaban J connectivity index is 2.60. The van der Waals surface area contributed by atoms with Crippen LogP contribution in [0.15, 0.2) is 0 Å². The van der Waals surface area contributed by atoms with Gasteiger partial charge in [-0.2, -0.15) is 0 Å². The average Bonchev–Trinajstić information content (AvgIpc) is 2.27. The third-order valence-corrected chi connectivity index (χ3v) is 2.52. The van der Waals surface area contributed by atoms with E-state index in [4.69, 9.17) is 9.84 Å². The van der Waals surface area contributed by atoms with Gasteiger partial charge in [-0.05, 0) is 6.92 Å². The van der Waals surface area contributed by atoms with E-state index in [1.807, 2.05) is 4.90 Å². The molecule has 0 aromatic heterocycles. The van der Waals surface area contributed by atoms with Crippen LogP contribution in [0, 0.1) is 0 Å². The number of piperazine rings is 1. The molecule has 0 spiro atoms. The predicted octanol–water partition coefficient (Wildman–Crippen LogP) is -0.702. The van der Waals surface area contributed by atoms with Crippen LogP contribution in [0.1, 0.15) is 13.3 Å². The van der Waals surface area contributed by atoms with Gasteiger partial charge in [0, 0.05) is 26.2 Å². The molecule has 92 valence electrons. The number of rotatable bonds is 5. The largest absolute Gasteiger partial charge is 0.481 e. The molecule has 1 rings (SSSR count). The molecule has 0 amide bonds. The highest BCUT2D eigenvalue weighted by atomic mass is 16.5. The molecular formula is C10H18N2O4. The van der Waals surface area contributed by atoms with Crippen LogP contribution in [0.3, 0.4) is 0 Å². The van der Waals surface area contributed by atoms with Gasteiger partial charge in [-0.25, -0.2) is 0 Å². The lowest BCUT2D eigenvalue weighted by atomic mass is 10.1. The van der Waals surface area contributed by atoms with Crippen LogP contribution in [0.25, 0.3) is 0 Å². The number of carbonyl (C=O) groups is 2. The number of hydrogen-bond acceptors (Lipinski definition) is 5. The van der Waals surface area contributed by atoms with E-state index in [1.54, 1.807) is 6.92 Å². The maximum atomic E-state index is 11.6. The third-order valence-electron chi connectivity index (χ3n) is 2.52. The minimum absolute atomic E-state index is 0.196. The number of ether oxygens (including phenoxy) is 1. The zero-order valence-electron chi connectivity index (χ0n) is 9.44. The summed E-state index contributed by atoms with van der Waals surface area (Å²) in [7, 11) is 0. The molecule has 1 aliphatic heterocycles. The second-order valence-corrected chi connectivity index (χ2v) is 3.65. The molecule has 0 bridgehead atoms. The number of carboxylic acid groups (broad SMARTS) is 1. The van der Waals surface area contributed by atoms with Crippen molar-refractivity contribution in [2.24, 2.45) is 0 Å². The second-order valence-electron chi connectivity index (χ2n) is 3.65. The fourth-order valence-corrected chi connectivity index (χ4v) is 1.76. The number of carbonyl (C=O) groups excluding carboxylic acids is 1. The zero-order chi connectivity index (χ0) is 12.0. The number of carboxylic acids is 1. The Morgan fingerprint density at radius 2 is 2.06 bits per heavy atom. The van der Waals surface area contributed by atoms with Crippen LogP contribution in [0.2, 0.25) is 0 Å². The van der Waals surface area contributed by atoms with Crippen molar-refractivity contribution in [2.45, 2.75) is 19.4 Å². The number of aliphatic carboxylic acids is 1. The summed E-state index contributed by atoms with van der Waals surface area (Å²) >= 11 is 0. The molecule has 0 radical (unpaired) electrons. The molecule has 2 N–H and O–H groups in total. The third kappa shape index (κ3) is 3.79. The lowest BCUT2D eigenvalue weighted by molar-refractivity contribution is -0.154. The van der Waals surface area contributed by atoms with Gasteiger partial charge in [0.15, 0.2) is 0 Å². The Hall–Kier alpha value is -1.14. The van der Waals surface area contributed by atoms with Gasteiger partial charge in [-0.1, -0.05) is 0 Å². The Labute approximate surface area is 94.6 Å². The molecule has 0 saturated carbocycles. The van der Waals surface area contributed by atoms with E-state index in [0.717, 1.165) is 13.1 Å². The minimum Gasteiger partial charge on any atom is -0.481 e. The molecule has 1 fully saturated rings. The first kappa shape index (κ1) is 12.9. The summed E-state index contributed by atoms with van der Waals surface area (Å²) in [5.41, 5.74) is 0. The molecule has 0 aromatic carbocycles. The smallest absolute Gasteiger partial charge is 0.323 e. The molecule has 1 heterocycles. The molecular weight excluding hydrogens is 212 g/mol. The first-order chi connectivity index (χ1) is 7.65. The van der Waals surface area contributed by atoms with E-state index >= 15 is 0 Å². The zero-order valence-corrected chi connectivity index (χ0v) is 9.44. The van der Waals surface area contributed by atoms with Crippen molar-refractivity contribution in [1.29, 1.82) is 0 Å². The van der Waals surface area contributed by atoms with Gasteiger partial charge in [0.25, 0.3) is 0 Å². The molecule has 0 aliphatic carbocycles. The molecule has 16 heavy (non-hydrogen) atoms. The van der Waals surface area contributed by atoms with Crippen molar-refractivity contribution in [2.75, 3.05) is 32.8 Å². The SMILES string of the molecule is CCOC(=O)C(CC(=O)O)N1CCNCC1. The highest BCUT2D eigenvalue weighted by Gasteiger charge is 2.30. The normalized spacial score (nSPS) is 19.1.